The average molecular weight is 493 g/mol. The number of nitrogens with one attached hydrogen (secondary N) is 2. The van der Waals surface area contributed by atoms with Gasteiger partial charge < -0.3 is 14.8 Å². The predicted octanol–water partition coefficient (Wildman–Crippen LogP) is 4.13. The second-order valence-electron chi connectivity index (χ2n) is 9.66. The minimum absolute atomic E-state index is 0.00301. The highest BCUT2D eigenvalue weighted by atomic mass is 16.2. The van der Waals surface area contributed by atoms with E-state index in [9.17, 15) is 9.59 Å². The summed E-state index contributed by atoms with van der Waals surface area (Å²) in [4.78, 5) is 32.3. The largest absolute Gasteiger partial charge is 0.352 e. The van der Waals surface area contributed by atoms with Crippen molar-refractivity contribution in [1.29, 1.82) is 0 Å². The number of rotatable bonds is 6. The fourth-order valence-electron chi connectivity index (χ4n) is 5.06. The number of hydrogen-bond donors (Lipinski definition) is 2. The Hall–Kier alpha value is -4.46. The molecule has 37 heavy (non-hydrogen) atoms. The number of carbonyl (C=O) groups is 2. The Kier molecular flexibility index (Phi) is 6.14. The molecule has 2 amide bonds. The van der Waals surface area contributed by atoms with Crippen molar-refractivity contribution < 1.29 is 9.59 Å². The van der Waals surface area contributed by atoms with Gasteiger partial charge in [0.1, 0.15) is 0 Å². The molecule has 3 heterocycles. The van der Waals surface area contributed by atoms with Crippen molar-refractivity contribution in [3.8, 4) is 0 Å². The highest BCUT2D eigenvalue weighted by Crippen LogP contribution is 2.21. The van der Waals surface area contributed by atoms with E-state index in [1.807, 2.05) is 42.7 Å². The van der Waals surface area contributed by atoms with Crippen molar-refractivity contribution in [2.75, 3.05) is 13.1 Å². The molecule has 0 saturated carbocycles. The Morgan fingerprint density at radius 1 is 1.03 bits per heavy atom. The van der Waals surface area contributed by atoms with E-state index in [0.29, 0.717) is 25.2 Å². The molecule has 8 heteroatoms. The van der Waals surface area contributed by atoms with Crippen molar-refractivity contribution in [3.63, 3.8) is 0 Å². The summed E-state index contributed by atoms with van der Waals surface area (Å²) in [5.74, 6) is -0.247. The maximum Gasteiger partial charge on any atom is 0.253 e. The first-order chi connectivity index (χ1) is 18.1. The van der Waals surface area contributed by atoms with Crippen molar-refractivity contribution in [3.05, 3.63) is 95.9 Å². The molecule has 1 atom stereocenters. The summed E-state index contributed by atoms with van der Waals surface area (Å²) in [5, 5.41) is 10.9. The van der Waals surface area contributed by atoms with Crippen LogP contribution in [0.4, 0.5) is 0 Å². The standard InChI is InChI=1S/C29H28N6O2/c36-28(23-4-3-13-34(18-23)29(37)22-11-12-25-24(14-22)16-32-33-25)30-15-20-7-9-21(10-8-20)17-35-19-31-26-5-1-2-6-27(26)35/h1-2,5-12,14,16,19,23H,3-4,13,15,17-18H2,(H,30,36)(H,32,33). The van der Waals surface area contributed by atoms with Crippen LogP contribution in [0.2, 0.25) is 0 Å². The Bertz CT molecular complexity index is 1570. The van der Waals surface area contributed by atoms with Gasteiger partial charge in [-0.2, -0.15) is 5.10 Å². The first kappa shape index (κ1) is 23.0. The molecule has 1 aliphatic heterocycles. The lowest BCUT2D eigenvalue weighted by molar-refractivity contribution is -0.126. The van der Waals surface area contributed by atoms with Gasteiger partial charge in [0, 0.05) is 37.1 Å². The lowest BCUT2D eigenvalue weighted by atomic mass is 9.96. The number of aromatic amines is 1. The van der Waals surface area contributed by atoms with Gasteiger partial charge in [-0.1, -0.05) is 36.4 Å². The Labute approximate surface area is 214 Å². The monoisotopic (exact) mass is 492 g/mol. The molecule has 3 aromatic carbocycles. The molecule has 1 aliphatic rings. The second kappa shape index (κ2) is 9.89. The van der Waals surface area contributed by atoms with Crippen LogP contribution in [-0.2, 0) is 17.9 Å². The van der Waals surface area contributed by atoms with Crippen molar-refractivity contribution in [1.82, 2.24) is 30.0 Å². The molecule has 5 aromatic rings. The molecule has 8 nitrogen and oxygen atoms in total. The van der Waals surface area contributed by atoms with Gasteiger partial charge in [0.05, 0.1) is 35.0 Å². The van der Waals surface area contributed by atoms with E-state index in [0.717, 1.165) is 46.9 Å². The van der Waals surface area contributed by atoms with Crippen LogP contribution in [0, 0.1) is 5.92 Å². The van der Waals surface area contributed by atoms with Crippen molar-refractivity contribution >= 4 is 33.8 Å². The van der Waals surface area contributed by atoms with E-state index in [1.54, 1.807) is 11.1 Å². The van der Waals surface area contributed by atoms with Crippen LogP contribution < -0.4 is 5.32 Å². The molecule has 1 fully saturated rings. The smallest absolute Gasteiger partial charge is 0.253 e. The van der Waals surface area contributed by atoms with Crippen molar-refractivity contribution in [2.24, 2.45) is 5.92 Å². The molecule has 0 bridgehead atoms. The average Bonchev–Trinajstić information content (AvgIpc) is 3.59. The third-order valence-electron chi connectivity index (χ3n) is 7.14. The molecule has 1 unspecified atom stereocenters. The van der Waals surface area contributed by atoms with Crippen molar-refractivity contribution in [2.45, 2.75) is 25.9 Å². The van der Waals surface area contributed by atoms with Crippen LogP contribution in [0.15, 0.2) is 79.3 Å². The summed E-state index contributed by atoms with van der Waals surface area (Å²) in [6.07, 6.45) is 5.18. The minimum Gasteiger partial charge on any atom is -0.352 e. The van der Waals surface area contributed by atoms with Gasteiger partial charge in [0.15, 0.2) is 0 Å². The normalized spacial score (nSPS) is 15.8. The number of piperidine rings is 1. The van der Waals surface area contributed by atoms with E-state index >= 15 is 0 Å². The number of aromatic nitrogens is 4. The number of likely N-dealkylation sites (tertiary alicyclic amines) is 1. The summed E-state index contributed by atoms with van der Waals surface area (Å²) < 4.78 is 2.13. The van der Waals surface area contributed by atoms with Crippen LogP contribution in [0.5, 0.6) is 0 Å². The number of H-pyrrole nitrogens is 1. The SMILES string of the molecule is O=C(NCc1ccc(Cn2cnc3ccccc32)cc1)C1CCCN(C(=O)c2ccc3[nH]ncc3c2)C1. The molecule has 2 N–H and O–H groups in total. The maximum atomic E-state index is 13.1. The molecule has 186 valence electrons. The van der Waals surface area contributed by atoms with Gasteiger partial charge in [-0.15, -0.1) is 0 Å². The number of amides is 2. The summed E-state index contributed by atoms with van der Waals surface area (Å²) >= 11 is 0. The van der Waals surface area contributed by atoms with Crippen LogP contribution in [0.1, 0.15) is 34.3 Å². The first-order valence-corrected chi connectivity index (χ1v) is 12.6. The zero-order valence-electron chi connectivity index (χ0n) is 20.4. The highest BCUT2D eigenvalue weighted by molar-refractivity contribution is 5.98. The summed E-state index contributed by atoms with van der Waals surface area (Å²) in [5.41, 5.74) is 5.84. The molecule has 6 rings (SSSR count). The van der Waals surface area contributed by atoms with E-state index in [2.05, 4.69) is 55.4 Å². The van der Waals surface area contributed by atoms with E-state index in [-0.39, 0.29) is 17.7 Å². The fraction of sp³-hybridized carbons (Fsp3) is 0.241. The van der Waals surface area contributed by atoms with Gasteiger partial charge in [0.2, 0.25) is 5.91 Å². The number of fused-ring (bicyclic) bond motifs is 2. The highest BCUT2D eigenvalue weighted by Gasteiger charge is 2.29. The first-order valence-electron chi connectivity index (χ1n) is 12.6. The molecular formula is C29H28N6O2. The number of hydrogen-bond acceptors (Lipinski definition) is 4. The molecule has 2 aromatic heterocycles. The van der Waals surface area contributed by atoms with E-state index in [4.69, 9.17) is 0 Å². The zero-order valence-corrected chi connectivity index (χ0v) is 20.4. The topological polar surface area (TPSA) is 95.9 Å². The van der Waals surface area contributed by atoms with Gasteiger partial charge in [-0.25, -0.2) is 4.98 Å². The third-order valence-corrected chi connectivity index (χ3v) is 7.14. The third kappa shape index (κ3) is 4.82. The second-order valence-corrected chi connectivity index (χ2v) is 9.66. The number of para-hydroxylation sites is 2. The van der Waals surface area contributed by atoms with E-state index < -0.39 is 0 Å². The minimum atomic E-state index is -0.204. The van der Waals surface area contributed by atoms with Crippen LogP contribution in [-0.4, -0.2) is 49.6 Å². The number of carbonyl (C=O) groups excluding carboxylic acids is 2. The van der Waals surface area contributed by atoms with Crippen LogP contribution in [0.3, 0.4) is 0 Å². The van der Waals surface area contributed by atoms with E-state index in [1.165, 1.54) is 5.56 Å². The maximum absolute atomic E-state index is 13.1. The molecular weight excluding hydrogens is 464 g/mol. The molecule has 1 saturated heterocycles. The van der Waals surface area contributed by atoms with Gasteiger partial charge in [-0.05, 0) is 54.3 Å². The predicted molar refractivity (Wildman–Crippen MR) is 142 cm³/mol. The Morgan fingerprint density at radius 3 is 2.76 bits per heavy atom. The van der Waals surface area contributed by atoms with Gasteiger partial charge in [-0.3, -0.25) is 14.7 Å². The Balaban J connectivity index is 1.04. The number of nitrogens with zero attached hydrogens (tertiary/aromatic N) is 4. The van der Waals surface area contributed by atoms with Gasteiger partial charge in [0.25, 0.3) is 5.91 Å². The molecule has 0 radical (unpaired) electrons. The number of imidazole rings is 1. The lowest BCUT2D eigenvalue weighted by Gasteiger charge is -2.32. The summed E-state index contributed by atoms with van der Waals surface area (Å²) in [6.45, 7) is 2.31. The summed E-state index contributed by atoms with van der Waals surface area (Å²) in [7, 11) is 0. The fourth-order valence-corrected chi connectivity index (χ4v) is 5.06. The molecule has 0 aliphatic carbocycles. The molecule has 0 spiro atoms. The summed E-state index contributed by atoms with van der Waals surface area (Å²) in [6, 6.07) is 21.9. The zero-order chi connectivity index (χ0) is 25.2. The Morgan fingerprint density at radius 2 is 1.86 bits per heavy atom. The number of benzene rings is 3. The quantitative estimate of drug-likeness (QED) is 0.373. The van der Waals surface area contributed by atoms with Crippen LogP contribution >= 0.6 is 0 Å². The van der Waals surface area contributed by atoms with Crippen LogP contribution in [0.25, 0.3) is 21.9 Å². The van der Waals surface area contributed by atoms with Gasteiger partial charge >= 0.3 is 0 Å². The lowest BCUT2D eigenvalue weighted by Crippen LogP contribution is -2.45.